The lowest BCUT2D eigenvalue weighted by Crippen LogP contribution is -2.26. The van der Waals surface area contributed by atoms with E-state index >= 15 is 0 Å². The molecule has 0 atom stereocenters. The monoisotopic (exact) mass is 265 g/mol. The van der Waals surface area contributed by atoms with Crippen molar-refractivity contribution in [3.05, 3.63) is 42.5 Å². The van der Waals surface area contributed by atoms with Crippen LogP contribution in [0.1, 0.15) is 5.56 Å². The molecule has 1 aromatic carbocycles. The third kappa shape index (κ3) is 3.31. The van der Waals surface area contributed by atoms with Crippen molar-refractivity contribution in [1.29, 1.82) is 0 Å². The van der Waals surface area contributed by atoms with Gasteiger partial charge in [-0.25, -0.2) is 13.1 Å². The van der Waals surface area contributed by atoms with Crippen LogP contribution in [-0.4, -0.2) is 15.0 Å². The Kier molecular flexibility index (Phi) is 3.94. The van der Waals surface area contributed by atoms with Gasteiger partial charge in [0.15, 0.2) is 0 Å². The first-order chi connectivity index (χ1) is 7.79. The van der Waals surface area contributed by atoms with Crippen LogP contribution in [0.4, 0.5) is 13.2 Å². The van der Waals surface area contributed by atoms with Crippen LogP contribution in [0.5, 0.6) is 0 Å². The Hall–Kier alpha value is -1.34. The second-order valence-corrected chi connectivity index (χ2v) is 4.87. The zero-order valence-electron chi connectivity index (χ0n) is 8.66. The van der Waals surface area contributed by atoms with Gasteiger partial charge in [0.25, 0.3) is 0 Å². The van der Waals surface area contributed by atoms with Crippen LogP contribution in [0.3, 0.4) is 0 Å². The van der Waals surface area contributed by atoms with E-state index in [2.05, 4.69) is 6.58 Å². The van der Waals surface area contributed by atoms with Gasteiger partial charge in [-0.3, -0.25) is 0 Å². The largest absolute Gasteiger partial charge is 0.417 e. The van der Waals surface area contributed by atoms with Gasteiger partial charge in [0.1, 0.15) is 0 Å². The highest BCUT2D eigenvalue weighted by Gasteiger charge is 2.36. The van der Waals surface area contributed by atoms with E-state index < -0.39 is 26.7 Å². The number of hydrogen-bond donors (Lipinski definition) is 1. The molecule has 0 fully saturated rings. The van der Waals surface area contributed by atoms with E-state index in [0.29, 0.717) is 0 Å². The highest BCUT2D eigenvalue weighted by atomic mass is 32.2. The maximum absolute atomic E-state index is 12.6. The molecule has 0 saturated carbocycles. The van der Waals surface area contributed by atoms with Gasteiger partial charge >= 0.3 is 6.18 Å². The average Bonchev–Trinajstić information content (AvgIpc) is 2.25. The normalized spacial score (nSPS) is 12.4. The second kappa shape index (κ2) is 4.89. The molecule has 1 N–H and O–H groups in total. The van der Waals surface area contributed by atoms with Crippen molar-refractivity contribution in [3.63, 3.8) is 0 Å². The quantitative estimate of drug-likeness (QED) is 0.848. The summed E-state index contributed by atoms with van der Waals surface area (Å²) in [5.74, 6) is 0. The molecule has 1 rings (SSSR count). The first-order valence-electron chi connectivity index (χ1n) is 4.56. The fourth-order valence-electron chi connectivity index (χ4n) is 1.18. The number of rotatable bonds is 4. The van der Waals surface area contributed by atoms with Gasteiger partial charge in [-0.15, -0.1) is 6.58 Å². The molecule has 0 unspecified atom stereocenters. The molecule has 0 amide bonds. The zero-order chi connectivity index (χ0) is 13.1. The van der Waals surface area contributed by atoms with Crippen LogP contribution in [0.2, 0.25) is 0 Å². The van der Waals surface area contributed by atoms with Crippen LogP contribution in [0.15, 0.2) is 41.8 Å². The fraction of sp³-hybridized carbons (Fsp3) is 0.200. The average molecular weight is 265 g/mol. The van der Waals surface area contributed by atoms with Crippen molar-refractivity contribution < 1.29 is 21.6 Å². The lowest BCUT2D eigenvalue weighted by molar-refractivity contribution is -0.139. The van der Waals surface area contributed by atoms with E-state index in [9.17, 15) is 21.6 Å². The summed E-state index contributed by atoms with van der Waals surface area (Å²) in [6, 6.07) is 4.00. The lowest BCUT2D eigenvalue weighted by atomic mass is 10.2. The predicted molar refractivity (Wildman–Crippen MR) is 56.8 cm³/mol. The lowest BCUT2D eigenvalue weighted by Gasteiger charge is -2.12. The molecule has 0 heterocycles. The van der Waals surface area contributed by atoms with E-state index in [1.54, 1.807) is 0 Å². The Morgan fingerprint density at radius 3 is 2.41 bits per heavy atom. The smallest absolute Gasteiger partial charge is 0.207 e. The summed E-state index contributed by atoms with van der Waals surface area (Å²) in [4.78, 5) is -0.783. The van der Waals surface area contributed by atoms with Crippen molar-refractivity contribution in [2.75, 3.05) is 6.54 Å². The summed E-state index contributed by atoms with van der Waals surface area (Å²) >= 11 is 0. The van der Waals surface area contributed by atoms with E-state index in [4.69, 9.17) is 0 Å². The first kappa shape index (κ1) is 13.7. The molecular formula is C10H10F3NO2S. The molecule has 1 aromatic rings. The molecule has 0 radical (unpaired) electrons. The summed E-state index contributed by atoms with van der Waals surface area (Å²) in [6.07, 6.45) is -3.47. The Morgan fingerprint density at radius 2 is 1.88 bits per heavy atom. The molecule has 0 aromatic heterocycles. The topological polar surface area (TPSA) is 46.2 Å². The van der Waals surface area contributed by atoms with E-state index in [-0.39, 0.29) is 6.54 Å². The van der Waals surface area contributed by atoms with Crippen molar-refractivity contribution >= 4 is 10.0 Å². The van der Waals surface area contributed by atoms with Crippen LogP contribution in [0.25, 0.3) is 0 Å². The number of sulfonamides is 1. The number of alkyl halides is 3. The molecule has 94 valence electrons. The zero-order valence-corrected chi connectivity index (χ0v) is 9.48. The molecule has 0 aliphatic heterocycles. The summed E-state index contributed by atoms with van der Waals surface area (Å²) < 4.78 is 63.0. The summed E-state index contributed by atoms with van der Waals surface area (Å²) in [5, 5.41) is 0. The molecule has 0 bridgehead atoms. The van der Waals surface area contributed by atoms with Crippen LogP contribution >= 0.6 is 0 Å². The van der Waals surface area contributed by atoms with Crippen molar-refractivity contribution in [2.24, 2.45) is 0 Å². The number of nitrogens with one attached hydrogen (secondary N) is 1. The summed E-state index contributed by atoms with van der Waals surface area (Å²) in [7, 11) is -4.18. The highest BCUT2D eigenvalue weighted by molar-refractivity contribution is 7.89. The van der Waals surface area contributed by atoms with E-state index in [0.717, 1.165) is 18.2 Å². The van der Waals surface area contributed by atoms with E-state index in [1.165, 1.54) is 12.1 Å². The van der Waals surface area contributed by atoms with Crippen LogP contribution in [0, 0.1) is 0 Å². The molecule has 3 nitrogen and oxygen atoms in total. The van der Waals surface area contributed by atoms with Gasteiger partial charge in [0, 0.05) is 6.54 Å². The van der Waals surface area contributed by atoms with Gasteiger partial charge in [-0.05, 0) is 12.1 Å². The first-order valence-corrected chi connectivity index (χ1v) is 6.04. The molecule has 17 heavy (non-hydrogen) atoms. The predicted octanol–water partition coefficient (Wildman–Crippen LogP) is 2.17. The van der Waals surface area contributed by atoms with Gasteiger partial charge in [0.05, 0.1) is 10.5 Å². The highest BCUT2D eigenvalue weighted by Crippen LogP contribution is 2.33. The van der Waals surface area contributed by atoms with Crippen molar-refractivity contribution in [2.45, 2.75) is 11.1 Å². The Labute approximate surface area is 97.0 Å². The maximum Gasteiger partial charge on any atom is 0.417 e. The molecule has 0 aliphatic rings. The van der Waals surface area contributed by atoms with Crippen LogP contribution in [-0.2, 0) is 16.2 Å². The molecule has 0 spiro atoms. The maximum atomic E-state index is 12.6. The second-order valence-electron chi connectivity index (χ2n) is 3.13. The van der Waals surface area contributed by atoms with Crippen LogP contribution < -0.4 is 4.72 Å². The fourth-order valence-corrected chi connectivity index (χ4v) is 2.41. The standard InChI is InChI=1S/C10H10F3NO2S/c1-2-7-14-17(15,16)9-6-4-3-5-8(9)10(11,12)13/h2-6,14H,1,7H2. The molecule has 0 saturated heterocycles. The van der Waals surface area contributed by atoms with Gasteiger partial charge in [-0.2, -0.15) is 13.2 Å². The molecule has 7 heteroatoms. The minimum atomic E-state index is -4.71. The minimum absolute atomic E-state index is 0.130. The van der Waals surface area contributed by atoms with Gasteiger partial charge < -0.3 is 0 Å². The minimum Gasteiger partial charge on any atom is -0.207 e. The Balaban J connectivity index is 3.27. The van der Waals surface area contributed by atoms with Gasteiger partial charge in [-0.1, -0.05) is 18.2 Å². The number of halogens is 3. The number of benzene rings is 1. The molecular weight excluding hydrogens is 255 g/mol. The van der Waals surface area contributed by atoms with Crippen molar-refractivity contribution in [1.82, 2.24) is 4.72 Å². The third-order valence-electron chi connectivity index (χ3n) is 1.90. The SMILES string of the molecule is C=CCNS(=O)(=O)c1ccccc1C(F)(F)F. The van der Waals surface area contributed by atoms with Crippen molar-refractivity contribution in [3.8, 4) is 0 Å². The Morgan fingerprint density at radius 1 is 1.29 bits per heavy atom. The van der Waals surface area contributed by atoms with Gasteiger partial charge in [0.2, 0.25) is 10.0 Å². The summed E-state index contributed by atoms with van der Waals surface area (Å²) in [5.41, 5.74) is -1.18. The third-order valence-corrected chi connectivity index (χ3v) is 3.38. The number of hydrogen-bond acceptors (Lipinski definition) is 2. The van der Waals surface area contributed by atoms with E-state index in [1.807, 2.05) is 4.72 Å². The summed E-state index contributed by atoms with van der Waals surface area (Å²) in [6.45, 7) is 3.15. The molecule has 0 aliphatic carbocycles. The Bertz CT molecular complexity index is 509.